The number of ether oxygens (including phenoxy) is 2. The van der Waals surface area contributed by atoms with Crippen LogP contribution in [-0.2, 0) is 6.54 Å². The fraction of sp³-hybridized carbons (Fsp3) is 0.526. The van der Waals surface area contributed by atoms with Gasteiger partial charge in [0.05, 0.1) is 19.9 Å². The SMILES string of the molecule is COc1ccc(-c2nc(CN3C[C@@H](C)C[C@H](C)C3)cs2)cc1OC. The molecule has 0 saturated carbocycles. The van der Waals surface area contributed by atoms with Crippen LogP contribution in [0.25, 0.3) is 10.6 Å². The lowest BCUT2D eigenvalue weighted by Gasteiger charge is -2.34. The fourth-order valence-corrected chi connectivity index (χ4v) is 4.44. The highest BCUT2D eigenvalue weighted by Crippen LogP contribution is 2.34. The van der Waals surface area contributed by atoms with Crippen molar-refractivity contribution in [2.24, 2.45) is 11.8 Å². The van der Waals surface area contributed by atoms with Gasteiger partial charge in [0.25, 0.3) is 0 Å². The number of nitrogens with zero attached hydrogens (tertiary/aromatic N) is 2. The molecule has 0 unspecified atom stereocenters. The van der Waals surface area contributed by atoms with E-state index in [-0.39, 0.29) is 0 Å². The fourth-order valence-electron chi connectivity index (χ4n) is 3.63. The molecule has 0 N–H and O–H groups in total. The van der Waals surface area contributed by atoms with E-state index in [1.54, 1.807) is 25.6 Å². The number of hydrogen-bond donors (Lipinski definition) is 0. The number of piperidine rings is 1. The predicted molar refractivity (Wildman–Crippen MR) is 98.9 cm³/mol. The van der Waals surface area contributed by atoms with Gasteiger partial charge in [-0.15, -0.1) is 11.3 Å². The van der Waals surface area contributed by atoms with Crippen LogP contribution in [0.15, 0.2) is 23.6 Å². The van der Waals surface area contributed by atoms with E-state index in [1.165, 1.54) is 19.5 Å². The Balaban J connectivity index is 1.73. The number of aromatic nitrogens is 1. The van der Waals surface area contributed by atoms with Crippen molar-refractivity contribution in [3.63, 3.8) is 0 Å². The van der Waals surface area contributed by atoms with Crippen LogP contribution in [0.3, 0.4) is 0 Å². The molecule has 0 spiro atoms. The third-order valence-corrected chi connectivity index (χ3v) is 5.45. The number of rotatable bonds is 5. The summed E-state index contributed by atoms with van der Waals surface area (Å²) < 4.78 is 10.7. The topological polar surface area (TPSA) is 34.6 Å². The van der Waals surface area contributed by atoms with E-state index in [2.05, 4.69) is 24.1 Å². The summed E-state index contributed by atoms with van der Waals surface area (Å²) in [5, 5.41) is 3.21. The largest absolute Gasteiger partial charge is 0.493 e. The minimum absolute atomic E-state index is 0.741. The van der Waals surface area contributed by atoms with E-state index >= 15 is 0 Å². The lowest BCUT2D eigenvalue weighted by Crippen LogP contribution is -2.38. The number of thiazole rings is 1. The van der Waals surface area contributed by atoms with Crippen LogP contribution in [0.2, 0.25) is 0 Å². The van der Waals surface area contributed by atoms with E-state index < -0.39 is 0 Å². The van der Waals surface area contributed by atoms with Crippen molar-refractivity contribution in [2.75, 3.05) is 27.3 Å². The molecule has 4 nitrogen and oxygen atoms in total. The van der Waals surface area contributed by atoms with Gasteiger partial charge < -0.3 is 9.47 Å². The molecule has 5 heteroatoms. The first-order valence-corrected chi connectivity index (χ1v) is 9.36. The highest BCUT2D eigenvalue weighted by molar-refractivity contribution is 7.13. The third kappa shape index (κ3) is 3.90. The van der Waals surface area contributed by atoms with Crippen LogP contribution in [0.4, 0.5) is 0 Å². The maximum absolute atomic E-state index is 5.39. The van der Waals surface area contributed by atoms with Gasteiger partial charge in [0, 0.05) is 30.6 Å². The number of likely N-dealkylation sites (tertiary alicyclic amines) is 1. The van der Waals surface area contributed by atoms with Crippen molar-refractivity contribution < 1.29 is 9.47 Å². The summed E-state index contributed by atoms with van der Waals surface area (Å²) >= 11 is 1.69. The van der Waals surface area contributed by atoms with Gasteiger partial charge in [0.1, 0.15) is 5.01 Å². The molecule has 1 aromatic carbocycles. The van der Waals surface area contributed by atoms with Crippen molar-refractivity contribution in [2.45, 2.75) is 26.8 Å². The lowest BCUT2D eigenvalue weighted by molar-refractivity contribution is 0.133. The van der Waals surface area contributed by atoms with Gasteiger partial charge in [-0.25, -0.2) is 4.98 Å². The van der Waals surface area contributed by atoms with E-state index in [9.17, 15) is 0 Å². The summed E-state index contributed by atoms with van der Waals surface area (Å²) in [6.07, 6.45) is 1.34. The molecule has 2 atom stereocenters. The normalized spacial score (nSPS) is 21.7. The molecule has 2 heterocycles. The second-order valence-electron chi connectivity index (χ2n) is 6.85. The quantitative estimate of drug-likeness (QED) is 0.808. The molecule has 1 aromatic heterocycles. The molecule has 1 fully saturated rings. The van der Waals surface area contributed by atoms with Crippen LogP contribution in [0.1, 0.15) is 26.0 Å². The van der Waals surface area contributed by atoms with Gasteiger partial charge in [0.2, 0.25) is 0 Å². The van der Waals surface area contributed by atoms with Crippen LogP contribution in [0.5, 0.6) is 11.5 Å². The average molecular weight is 346 g/mol. The Morgan fingerprint density at radius 2 is 1.83 bits per heavy atom. The summed E-state index contributed by atoms with van der Waals surface area (Å²) in [5.41, 5.74) is 2.23. The third-order valence-electron chi connectivity index (χ3n) is 4.51. The summed E-state index contributed by atoms with van der Waals surface area (Å²) in [7, 11) is 3.31. The molecule has 3 rings (SSSR count). The second-order valence-corrected chi connectivity index (χ2v) is 7.71. The first-order valence-electron chi connectivity index (χ1n) is 8.48. The molecular formula is C19H26N2O2S. The molecule has 24 heavy (non-hydrogen) atoms. The monoisotopic (exact) mass is 346 g/mol. The number of methoxy groups -OCH3 is 2. The maximum atomic E-state index is 5.39. The zero-order valence-electron chi connectivity index (χ0n) is 14.9. The molecule has 1 aliphatic rings. The molecular weight excluding hydrogens is 320 g/mol. The number of hydrogen-bond acceptors (Lipinski definition) is 5. The summed E-state index contributed by atoms with van der Waals surface area (Å²) in [6.45, 7) is 7.98. The van der Waals surface area contributed by atoms with Gasteiger partial charge in [0.15, 0.2) is 11.5 Å². The second kappa shape index (κ2) is 7.53. The van der Waals surface area contributed by atoms with Gasteiger partial charge in [-0.05, 0) is 36.5 Å². The first-order chi connectivity index (χ1) is 11.6. The molecule has 1 aliphatic heterocycles. The highest BCUT2D eigenvalue weighted by Gasteiger charge is 2.22. The zero-order chi connectivity index (χ0) is 17.1. The van der Waals surface area contributed by atoms with Crippen molar-refractivity contribution in [1.29, 1.82) is 0 Å². The lowest BCUT2D eigenvalue weighted by atomic mass is 9.92. The van der Waals surface area contributed by atoms with Crippen molar-refractivity contribution >= 4 is 11.3 Å². The van der Waals surface area contributed by atoms with Crippen LogP contribution < -0.4 is 9.47 Å². The standard InChI is InChI=1S/C19H26N2O2S/c1-13-7-14(2)10-21(9-13)11-16-12-24-19(20-16)15-5-6-17(22-3)18(8-15)23-4/h5-6,8,12-14H,7,9-11H2,1-4H3/t13-,14-/m0/s1. The molecule has 0 bridgehead atoms. The summed E-state index contributed by atoms with van der Waals surface area (Å²) in [6, 6.07) is 5.96. The Bertz CT molecular complexity index is 676. The van der Waals surface area contributed by atoms with E-state index in [4.69, 9.17) is 14.5 Å². The van der Waals surface area contributed by atoms with Crippen LogP contribution in [-0.4, -0.2) is 37.2 Å². The van der Waals surface area contributed by atoms with E-state index in [1.807, 2.05) is 18.2 Å². The Labute approximate surface area is 148 Å². The predicted octanol–water partition coefficient (Wildman–Crippen LogP) is 4.31. The number of benzene rings is 1. The molecule has 0 aliphatic carbocycles. The summed E-state index contributed by atoms with van der Waals surface area (Å²) in [4.78, 5) is 7.37. The first kappa shape index (κ1) is 17.2. The molecule has 1 saturated heterocycles. The Morgan fingerprint density at radius 3 is 2.50 bits per heavy atom. The van der Waals surface area contributed by atoms with Crippen molar-refractivity contribution in [1.82, 2.24) is 9.88 Å². The minimum Gasteiger partial charge on any atom is -0.493 e. The molecule has 0 radical (unpaired) electrons. The molecule has 2 aromatic rings. The zero-order valence-corrected chi connectivity index (χ0v) is 15.7. The molecule has 0 amide bonds. The Hall–Kier alpha value is -1.59. The van der Waals surface area contributed by atoms with Gasteiger partial charge in [-0.3, -0.25) is 4.90 Å². The highest BCUT2D eigenvalue weighted by atomic mass is 32.1. The maximum Gasteiger partial charge on any atom is 0.161 e. The van der Waals surface area contributed by atoms with Crippen molar-refractivity contribution in [3.05, 3.63) is 29.3 Å². The van der Waals surface area contributed by atoms with Gasteiger partial charge >= 0.3 is 0 Å². The van der Waals surface area contributed by atoms with Gasteiger partial charge in [-0.2, -0.15) is 0 Å². The van der Waals surface area contributed by atoms with Crippen LogP contribution in [0, 0.1) is 11.8 Å². The van der Waals surface area contributed by atoms with Gasteiger partial charge in [-0.1, -0.05) is 13.8 Å². The van der Waals surface area contributed by atoms with E-state index in [0.29, 0.717) is 0 Å². The molecule has 130 valence electrons. The minimum atomic E-state index is 0.741. The average Bonchev–Trinajstić information content (AvgIpc) is 3.01. The Morgan fingerprint density at radius 1 is 1.12 bits per heavy atom. The van der Waals surface area contributed by atoms with E-state index in [0.717, 1.165) is 46.1 Å². The van der Waals surface area contributed by atoms with Crippen molar-refractivity contribution in [3.8, 4) is 22.1 Å². The van der Waals surface area contributed by atoms with Crippen LogP contribution >= 0.6 is 11.3 Å². The summed E-state index contributed by atoms with van der Waals surface area (Å²) in [5.74, 6) is 3.04. The Kier molecular flexibility index (Phi) is 5.41. The smallest absolute Gasteiger partial charge is 0.161 e.